The second kappa shape index (κ2) is 7.96. The summed E-state index contributed by atoms with van der Waals surface area (Å²) >= 11 is 5.88. The van der Waals surface area contributed by atoms with E-state index in [1.165, 1.54) is 11.1 Å². The Kier molecular flexibility index (Phi) is 5.65. The van der Waals surface area contributed by atoms with E-state index in [1.54, 1.807) is 17.1 Å². The van der Waals surface area contributed by atoms with Gasteiger partial charge in [-0.25, -0.2) is 0 Å². The molecule has 0 spiro atoms. The van der Waals surface area contributed by atoms with Crippen molar-refractivity contribution < 1.29 is 4.79 Å². The number of hydrogen-bond acceptors (Lipinski definition) is 3. The van der Waals surface area contributed by atoms with Gasteiger partial charge in [-0.2, -0.15) is 10.2 Å². The quantitative estimate of drug-likeness (QED) is 0.697. The van der Waals surface area contributed by atoms with Crippen molar-refractivity contribution in [3.05, 3.63) is 64.2 Å². The SMILES string of the molecule is Cc1ccccc1Cn1nc(C)c(NC(=O)C(C)Cn2cc(Cl)cn2)c1C. The third-order valence-corrected chi connectivity index (χ3v) is 4.92. The largest absolute Gasteiger partial charge is 0.323 e. The highest BCUT2D eigenvalue weighted by Crippen LogP contribution is 2.22. The standard InChI is InChI=1S/C20H24ClN5O/c1-13-7-5-6-8-17(13)11-26-16(4)19(15(3)24-26)23-20(27)14(2)10-25-12-18(21)9-22-25/h5-9,12,14H,10-11H2,1-4H3,(H,23,27). The van der Waals surface area contributed by atoms with E-state index in [0.717, 1.165) is 17.1 Å². The van der Waals surface area contributed by atoms with Crippen molar-refractivity contribution in [3.8, 4) is 0 Å². The van der Waals surface area contributed by atoms with Gasteiger partial charge in [0, 0.05) is 6.20 Å². The lowest BCUT2D eigenvalue weighted by molar-refractivity contribution is -0.119. The predicted octanol–water partition coefficient (Wildman–Crippen LogP) is 3.98. The van der Waals surface area contributed by atoms with Crippen molar-refractivity contribution in [2.75, 3.05) is 5.32 Å². The van der Waals surface area contributed by atoms with E-state index in [-0.39, 0.29) is 11.8 Å². The molecule has 3 aromatic rings. The summed E-state index contributed by atoms with van der Waals surface area (Å²) in [4.78, 5) is 12.6. The minimum Gasteiger partial charge on any atom is -0.323 e. The average Bonchev–Trinajstić information content (AvgIpc) is 3.14. The molecule has 1 N–H and O–H groups in total. The molecule has 0 saturated heterocycles. The van der Waals surface area contributed by atoms with Gasteiger partial charge in [-0.15, -0.1) is 0 Å². The van der Waals surface area contributed by atoms with Crippen LogP contribution in [0.3, 0.4) is 0 Å². The van der Waals surface area contributed by atoms with Crippen molar-refractivity contribution in [3.63, 3.8) is 0 Å². The predicted molar refractivity (Wildman–Crippen MR) is 107 cm³/mol. The molecule has 0 bridgehead atoms. The Labute approximate surface area is 164 Å². The zero-order valence-corrected chi connectivity index (χ0v) is 16.8. The van der Waals surface area contributed by atoms with E-state index in [1.807, 2.05) is 37.6 Å². The van der Waals surface area contributed by atoms with Gasteiger partial charge in [0.1, 0.15) is 0 Å². The number of nitrogens with one attached hydrogen (secondary N) is 1. The summed E-state index contributed by atoms with van der Waals surface area (Å²) < 4.78 is 3.61. The topological polar surface area (TPSA) is 64.7 Å². The number of benzene rings is 1. The van der Waals surface area contributed by atoms with Crippen LogP contribution in [-0.2, 0) is 17.9 Å². The highest BCUT2D eigenvalue weighted by molar-refractivity contribution is 6.30. The molecular formula is C20H24ClN5O. The summed E-state index contributed by atoms with van der Waals surface area (Å²) in [5, 5.41) is 12.3. The van der Waals surface area contributed by atoms with Crippen molar-refractivity contribution in [1.82, 2.24) is 19.6 Å². The van der Waals surface area contributed by atoms with Gasteiger partial charge in [-0.05, 0) is 31.9 Å². The maximum Gasteiger partial charge on any atom is 0.229 e. The lowest BCUT2D eigenvalue weighted by Gasteiger charge is -2.13. The number of carbonyl (C=O) groups is 1. The molecule has 1 atom stereocenters. The van der Waals surface area contributed by atoms with Crippen LogP contribution >= 0.6 is 11.6 Å². The van der Waals surface area contributed by atoms with Gasteiger partial charge < -0.3 is 5.32 Å². The van der Waals surface area contributed by atoms with Gasteiger partial charge in [-0.3, -0.25) is 14.2 Å². The number of aryl methyl sites for hydroxylation is 2. The Morgan fingerprint density at radius 2 is 2.00 bits per heavy atom. The van der Waals surface area contributed by atoms with Crippen LogP contribution in [0.1, 0.15) is 29.4 Å². The van der Waals surface area contributed by atoms with E-state index in [4.69, 9.17) is 11.6 Å². The van der Waals surface area contributed by atoms with Crippen LogP contribution in [0.4, 0.5) is 5.69 Å². The first-order chi connectivity index (χ1) is 12.8. The minimum atomic E-state index is -0.250. The van der Waals surface area contributed by atoms with Gasteiger partial charge in [0.05, 0.1) is 47.3 Å². The first kappa shape index (κ1) is 19.2. The number of carbonyl (C=O) groups excluding carboxylic acids is 1. The van der Waals surface area contributed by atoms with Crippen LogP contribution in [0.25, 0.3) is 0 Å². The molecular weight excluding hydrogens is 362 g/mol. The molecule has 0 radical (unpaired) electrons. The third kappa shape index (κ3) is 4.39. The number of anilines is 1. The fourth-order valence-corrected chi connectivity index (χ4v) is 3.18. The molecule has 0 fully saturated rings. The molecule has 3 rings (SSSR count). The molecule has 7 heteroatoms. The second-order valence-corrected chi connectivity index (χ2v) is 7.34. The molecule has 0 aliphatic carbocycles. The molecule has 0 aliphatic heterocycles. The number of aromatic nitrogens is 4. The number of hydrogen-bond donors (Lipinski definition) is 1. The fraction of sp³-hybridized carbons (Fsp3) is 0.350. The summed E-state index contributed by atoms with van der Waals surface area (Å²) in [7, 11) is 0. The molecule has 0 aliphatic rings. The first-order valence-electron chi connectivity index (χ1n) is 8.92. The monoisotopic (exact) mass is 385 g/mol. The van der Waals surface area contributed by atoms with Gasteiger partial charge in [-0.1, -0.05) is 42.8 Å². The van der Waals surface area contributed by atoms with Crippen molar-refractivity contribution in [2.45, 2.75) is 40.8 Å². The summed E-state index contributed by atoms with van der Waals surface area (Å²) in [6, 6.07) is 8.24. The highest BCUT2D eigenvalue weighted by atomic mass is 35.5. The zero-order chi connectivity index (χ0) is 19.6. The smallest absolute Gasteiger partial charge is 0.229 e. The van der Waals surface area contributed by atoms with E-state index in [9.17, 15) is 4.79 Å². The molecule has 1 amide bonds. The van der Waals surface area contributed by atoms with Crippen LogP contribution in [0.15, 0.2) is 36.7 Å². The van der Waals surface area contributed by atoms with E-state index in [0.29, 0.717) is 18.1 Å². The number of nitrogens with zero attached hydrogens (tertiary/aromatic N) is 4. The van der Waals surface area contributed by atoms with Crippen LogP contribution in [0, 0.1) is 26.7 Å². The van der Waals surface area contributed by atoms with Gasteiger partial charge in [0.2, 0.25) is 5.91 Å². The van der Waals surface area contributed by atoms with Gasteiger partial charge >= 0.3 is 0 Å². The Morgan fingerprint density at radius 1 is 1.26 bits per heavy atom. The molecule has 1 aromatic carbocycles. The van der Waals surface area contributed by atoms with E-state index in [2.05, 4.69) is 34.6 Å². The summed E-state index contributed by atoms with van der Waals surface area (Å²) in [5.74, 6) is -0.317. The Balaban J connectivity index is 1.72. The molecule has 2 aromatic heterocycles. The highest BCUT2D eigenvalue weighted by Gasteiger charge is 2.19. The van der Waals surface area contributed by atoms with Crippen LogP contribution in [0.5, 0.6) is 0 Å². The van der Waals surface area contributed by atoms with Crippen molar-refractivity contribution >= 4 is 23.2 Å². The maximum atomic E-state index is 12.6. The normalized spacial score (nSPS) is 12.2. The van der Waals surface area contributed by atoms with Crippen molar-refractivity contribution in [1.29, 1.82) is 0 Å². The number of halogens is 1. The molecule has 1 unspecified atom stereocenters. The minimum absolute atomic E-state index is 0.0664. The average molecular weight is 386 g/mol. The molecule has 142 valence electrons. The fourth-order valence-electron chi connectivity index (χ4n) is 3.03. The Bertz CT molecular complexity index is 959. The summed E-state index contributed by atoms with van der Waals surface area (Å²) in [6.45, 7) is 8.99. The second-order valence-electron chi connectivity index (χ2n) is 6.90. The van der Waals surface area contributed by atoms with E-state index < -0.39 is 0 Å². The Hall–Kier alpha value is -2.60. The van der Waals surface area contributed by atoms with Crippen LogP contribution in [0.2, 0.25) is 5.02 Å². The van der Waals surface area contributed by atoms with Gasteiger partial charge in [0.15, 0.2) is 0 Å². The molecule has 0 saturated carbocycles. The molecule has 27 heavy (non-hydrogen) atoms. The van der Waals surface area contributed by atoms with Crippen molar-refractivity contribution in [2.24, 2.45) is 5.92 Å². The lowest BCUT2D eigenvalue weighted by atomic mass is 10.1. The zero-order valence-electron chi connectivity index (χ0n) is 16.0. The molecule has 2 heterocycles. The summed E-state index contributed by atoms with van der Waals surface area (Å²) in [6.07, 6.45) is 3.28. The van der Waals surface area contributed by atoms with E-state index >= 15 is 0 Å². The van der Waals surface area contributed by atoms with Crippen LogP contribution in [-0.4, -0.2) is 25.5 Å². The summed E-state index contributed by atoms with van der Waals surface area (Å²) in [5.41, 5.74) is 4.97. The Morgan fingerprint density at radius 3 is 2.67 bits per heavy atom. The number of rotatable bonds is 6. The maximum absolute atomic E-state index is 12.6. The first-order valence-corrected chi connectivity index (χ1v) is 9.30. The lowest BCUT2D eigenvalue weighted by Crippen LogP contribution is -2.25. The van der Waals surface area contributed by atoms with Gasteiger partial charge in [0.25, 0.3) is 0 Å². The third-order valence-electron chi connectivity index (χ3n) is 4.72. The molecule has 6 nitrogen and oxygen atoms in total. The number of amides is 1. The van der Waals surface area contributed by atoms with Crippen LogP contribution < -0.4 is 5.32 Å².